The third-order valence-electron chi connectivity index (χ3n) is 4.98. The molecule has 0 saturated heterocycles. The lowest BCUT2D eigenvalue weighted by Crippen LogP contribution is -2.28. The number of aromatic nitrogens is 3. The molecule has 1 unspecified atom stereocenters. The molecule has 1 aliphatic carbocycles. The lowest BCUT2D eigenvalue weighted by Gasteiger charge is -2.37. The van der Waals surface area contributed by atoms with E-state index in [4.69, 9.17) is 4.98 Å². The number of hydrogen-bond acceptors (Lipinski definition) is 3. The molecule has 3 nitrogen and oxygen atoms in total. The third kappa shape index (κ3) is 3.60. The van der Waals surface area contributed by atoms with E-state index in [1.165, 1.54) is 0 Å². The van der Waals surface area contributed by atoms with Crippen molar-refractivity contribution in [3.8, 4) is 11.4 Å². The molecule has 3 rings (SSSR count). The van der Waals surface area contributed by atoms with Crippen LogP contribution in [-0.4, -0.2) is 15.0 Å². The van der Waals surface area contributed by atoms with E-state index < -0.39 is 0 Å². The average molecular weight is 331 g/mol. The van der Waals surface area contributed by atoms with Crippen LogP contribution in [-0.2, 0) is 0 Å². The minimum Gasteiger partial charge on any atom is -0.213 e. The predicted molar refractivity (Wildman–Crippen MR) is 104 cm³/mol. The van der Waals surface area contributed by atoms with E-state index in [0.717, 1.165) is 17.0 Å². The molecular weight excluding hydrogens is 306 g/mol. The molecule has 0 amide bonds. The molecule has 1 aromatic carbocycles. The van der Waals surface area contributed by atoms with Crippen molar-refractivity contribution < 1.29 is 0 Å². The van der Waals surface area contributed by atoms with Gasteiger partial charge in [-0.3, -0.25) is 0 Å². The summed E-state index contributed by atoms with van der Waals surface area (Å²) in [5.74, 6) is 2.15. The van der Waals surface area contributed by atoms with Crippen LogP contribution in [0.3, 0.4) is 0 Å². The zero-order valence-corrected chi connectivity index (χ0v) is 15.6. The van der Waals surface area contributed by atoms with Crippen LogP contribution in [0.25, 0.3) is 17.0 Å². The number of nitrogens with zero attached hydrogens (tertiary/aromatic N) is 3. The highest BCUT2D eigenvalue weighted by atomic mass is 15.0. The van der Waals surface area contributed by atoms with Crippen molar-refractivity contribution in [3.63, 3.8) is 0 Å². The Morgan fingerprint density at radius 3 is 2.24 bits per heavy atom. The molecule has 25 heavy (non-hydrogen) atoms. The van der Waals surface area contributed by atoms with Crippen LogP contribution < -0.4 is 0 Å². The standard InChI is InChI=1S/C22H25N3/c1-16-23-19(17-10-7-6-8-11-17)25-20(24-16)18-12-9-14-22(5,15-13-18)21(2,3)4/h6-15H,1-5H3. The van der Waals surface area contributed by atoms with Gasteiger partial charge in [-0.1, -0.05) is 88.4 Å². The quantitative estimate of drug-likeness (QED) is 0.738. The molecule has 1 aromatic heterocycles. The molecule has 1 heterocycles. The van der Waals surface area contributed by atoms with Gasteiger partial charge in [0, 0.05) is 16.6 Å². The van der Waals surface area contributed by atoms with Gasteiger partial charge in [-0.2, -0.15) is 0 Å². The maximum atomic E-state index is 4.70. The Morgan fingerprint density at radius 1 is 0.880 bits per heavy atom. The van der Waals surface area contributed by atoms with Crippen molar-refractivity contribution in [1.29, 1.82) is 0 Å². The molecule has 0 spiro atoms. The highest BCUT2D eigenvalue weighted by Crippen LogP contribution is 2.42. The highest BCUT2D eigenvalue weighted by molar-refractivity contribution is 5.73. The number of hydrogen-bond donors (Lipinski definition) is 0. The molecule has 0 saturated carbocycles. The average Bonchev–Trinajstić information content (AvgIpc) is 2.77. The van der Waals surface area contributed by atoms with Gasteiger partial charge >= 0.3 is 0 Å². The van der Waals surface area contributed by atoms with Crippen molar-refractivity contribution in [2.45, 2.75) is 34.6 Å². The number of allylic oxidation sites excluding steroid dienone is 6. The van der Waals surface area contributed by atoms with Gasteiger partial charge in [0.2, 0.25) is 0 Å². The number of rotatable bonds is 2. The second kappa shape index (κ2) is 6.40. The molecule has 1 atom stereocenters. The molecular formula is C22H25N3. The summed E-state index contributed by atoms with van der Waals surface area (Å²) in [6.07, 6.45) is 10.8. The fourth-order valence-electron chi connectivity index (χ4n) is 2.70. The van der Waals surface area contributed by atoms with Crippen LogP contribution in [0, 0.1) is 17.8 Å². The summed E-state index contributed by atoms with van der Waals surface area (Å²) in [5, 5.41) is 0. The van der Waals surface area contributed by atoms with Crippen LogP contribution in [0.15, 0.2) is 60.7 Å². The first-order chi connectivity index (χ1) is 11.8. The lowest BCUT2D eigenvalue weighted by atomic mass is 9.68. The Kier molecular flexibility index (Phi) is 4.42. The first kappa shape index (κ1) is 17.3. The Hall–Kier alpha value is -2.55. The monoisotopic (exact) mass is 331 g/mol. The summed E-state index contributed by atoms with van der Waals surface area (Å²) >= 11 is 0. The van der Waals surface area contributed by atoms with Gasteiger partial charge < -0.3 is 0 Å². The van der Waals surface area contributed by atoms with E-state index in [2.05, 4.69) is 68.0 Å². The van der Waals surface area contributed by atoms with E-state index in [0.29, 0.717) is 11.6 Å². The fraction of sp³-hybridized carbons (Fsp3) is 0.318. The fourth-order valence-corrected chi connectivity index (χ4v) is 2.70. The molecule has 0 fully saturated rings. The highest BCUT2D eigenvalue weighted by Gasteiger charge is 2.33. The first-order valence-electron chi connectivity index (χ1n) is 8.66. The third-order valence-corrected chi connectivity index (χ3v) is 4.98. The summed E-state index contributed by atoms with van der Waals surface area (Å²) < 4.78 is 0. The van der Waals surface area contributed by atoms with Gasteiger partial charge in [0.25, 0.3) is 0 Å². The maximum Gasteiger partial charge on any atom is 0.163 e. The van der Waals surface area contributed by atoms with E-state index >= 15 is 0 Å². The molecule has 2 aromatic rings. The smallest absolute Gasteiger partial charge is 0.163 e. The van der Waals surface area contributed by atoms with Crippen LogP contribution in [0.4, 0.5) is 0 Å². The summed E-state index contributed by atoms with van der Waals surface area (Å²) in [6, 6.07) is 10.0. The SMILES string of the molecule is Cc1nc(C2=CC=CC(C)(C(C)(C)C)C=C2)nc(-c2ccccc2)n1. The minimum absolute atomic E-state index is 0.0183. The van der Waals surface area contributed by atoms with E-state index in [1.54, 1.807) is 0 Å². The largest absolute Gasteiger partial charge is 0.213 e. The van der Waals surface area contributed by atoms with E-state index in [9.17, 15) is 0 Å². The summed E-state index contributed by atoms with van der Waals surface area (Å²) in [7, 11) is 0. The van der Waals surface area contributed by atoms with Crippen molar-refractivity contribution >= 4 is 5.57 Å². The zero-order chi connectivity index (χ0) is 18.1. The second-order valence-electron chi connectivity index (χ2n) is 7.74. The number of aryl methyl sites for hydroxylation is 1. The van der Waals surface area contributed by atoms with Gasteiger partial charge in [0.1, 0.15) is 5.82 Å². The Bertz CT molecular complexity index is 855. The van der Waals surface area contributed by atoms with Crippen molar-refractivity contribution in [2.24, 2.45) is 10.8 Å². The number of benzene rings is 1. The summed E-state index contributed by atoms with van der Waals surface area (Å²) in [6.45, 7) is 10.9. The molecule has 1 aliphatic rings. The van der Waals surface area contributed by atoms with Crippen molar-refractivity contribution in [2.75, 3.05) is 0 Å². The minimum atomic E-state index is -0.0183. The molecule has 0 aliphatic heterocycles. The first-order valence-corrected chi connectivity index (χ1v) is 8.66. The zero-order valence-electron chi connectivity index (χ0n) is 15.6. The lowest BCUT2D eigenvalue weighted by molar-refractivity contribution is 0.228. The molecule has 0 bridgehead atoms. The van der Waals surface area contributed by atoms with Crippen LogP contribution in [0.2, 0.25) is 0 Å². The predicted octanol–water partition coefficient (Wildman–Crippen LogP) is 5.41. The van der Waals surface area contributed by atoms with E-state index in [1.807, 2.05) is 37.3 Å². The topological polar surface area (TPSA) is 38.7 Å². The van der Waals surface area contributed by atoms with Gasteiger partial charge in [-0.15, -0.1) is 0 Å². The van der Waals surface area contributed by atoms with Gasteiger partial charge in [0.15, 0.2) is 11.6 Å². The molecule has 0 radical (unpaired) electrons. The van der Waals surface area contributed by atoms with Crippen molar-refractivity contribution in [3.05, 3.63) is 72.4 Å². The van der Waals surface area contributed by atoms with Gasteiger partial charge in [0.05, 0.1) is 0 Å². The molecule has 0 N–H and O–H groups in total. The van der Waals surface area contributed by atoms with Crippen LogP contribution in [0.1, 0.15) is 39.3 Å². The summed E-state index contributed by atoms with van der Waals surface area (Å²) in [4.78, 5) is 13.8. The Labute approximate surface area is 150 Å². The Balaban J connectivity index is 2.01. The van der Waals surface area contributed by atoms with Crippen molar-refractivity contribution in [1.82, 2.24) is 15.0 Å². The second-order valence-corrected chi connectivity index (χ2v) is 7.74. The summed E-state index contributed by atoms with van der Waals surface area (Å²) in [5.41, 5.74) is 2.12. The molecule has 3 heteroatoms. The van der Waals surface area contributed by atoms with Crippen LogP contribution >= 0.6 is 0 Å². The van der Waals surface area contributed by atoms with Crippen LogP contribution in [0.5, 0.6) is 0 Å². The normalized spacial score (nSPS) is 20.3. The molecule has 128 valence electrons. The van der Waals surface area contributed by atoms with Gasteiger partial charge in [-0.05, 0) is 12.3 Å². The maximum absolute atomic E-state index is 4.70. The van der Waals surface area contributed by atoms with E-state index in [-0.39, 0.29) is 10.8 Å². The Morgan fingerprint density at radius 2 is 1.56 bits per heavy atom. The van der Waals surface area contributed by atoms with Gasteiger partial charge in [-0.25, -0.2) is 15.0 Å².